The largest absolute Gasteiger partial charge is 0.481 e. The highest BCUT2D eigenvalue weighted by Crippen LogP contribution is 2.20. The van der Waals surface area contributed by atoms with Crippen molar-refractivity contribution in [3.63, 3.8) is 0 Å². The number of hydrogen-bond donors (Lipinski definition) is 1. The predicted octanol–water partition coefficient (Wildman–Crippen LogP) is 4.39. The summed E-state index contributed by atoms with van der Waals surface area (Å²) in [7, 11) is 0. The Balaban J connectivity index is 1.59. The molecule has 0 fully saturated rings. The number of amides is 1. The van der Waals surface area contributed by atoms with Crippen LogP contribution >= 0.6 is 11.6 Å². The minimum Gasteiger partial charge on any atom is -0.481 e. The lowest BCUT2D eigenvalue weighted by molar-refractivity contribution is -0.384. The average Bonchev–Trinajstić information content (AvgIpc) is 2.80. The third-order valence-electron chi connectivity index (χ3n) is 4.31. The Morgan fingerprint density at radius 2 is 1.73 bits per heavy atom. The van der Waals surface area contributed by atoms with Gasteiger partial charge in [0.25, 0.3) is 11.6 Å². The van der Waals surface area contributed by atoms with Crippen LogP contribution in [0.3, 0.4) is 0 Å². The first kappa shape index (κ1) is 23.4. The number of nitrogens with one attached hydrogen (secondary N) is 1. The van der Waals surface area contributed by atoms with Gasteiger partial charge in [0.05, 0.1) is 16.7 Å². The molecule has 1 amide bonds. The van der Waals surface area contributed by atoms with Crippen LogP contribution in [-0.2, 0) is 4.79 Å². The third-order valence-corrected chi connectivity index (χ3v) is 4.56. The van der Waals surface area contributed by atoms with Gasteiger partial charge in [0.1, 0.15) is 11.5 Å². The molecule has 3 rings (SSSR count). The van der Waals surface area contributed by atoms with Crippen molar-refractivity contribution in [3.8, 4) is 11.5 Å². The van der Waals surface area contributed by atoms with Gasteiger partial charge < -0.3 is 9.47 Å². The van der Waals surface area contributed by atoms with Crippen LogP contribution in [0.15, 0.2) is 77.9 Å². The average molecular weight is 468 g/mol. The fourth-order valence-corrected chi connectivity index (χ4v) is 2.71. The second-order valence-electron chi connectivity index (χ2n) is 6.68. The van der Waals surface area contributed by atoms with Crippen LogP contribution in [0.5, 0.6) is 11.5 Å². The fraction of sp³-hybridized carbons (Fsp3) is 0.0870. The van der Waals surface area contributed by atoms with Gasteiger partial charge in [-0.25, -0.2) is 10.2 Å². The van der Waals surface area contributed by atoms with Crippen molar-refractivity contribution in [1.82, 2.24) is 5.43 Å². The first-order valence-corrected chi connectivity index (χ1v) is 10.0. The molecule has 3 aromatic carbocycles. The van der Waals surface area contributed by atoms with Crippen LogP contribution in [0.25, 0.3) is 0 Å². The fourth-order valence-electron chi connectivity index (χ4n) is 2.59. The highest BCUT2D eigenvalue weighted by molar-refractivity contribution is 6.30. The number of halogens is 1. The van der Waals surface area contributed by atoms with Gasteiger partial charge >= 0.3 is 5.97 Å². The Kier molecular flexibility index (Phi) is 7.72. The number of para-hydroxylation sites is 1. The molecule has 0 bridgehead atoms. The zero-order valence-corrected chi connectivity index (χ0v) is 18.1. The van der Waals surface area contributed by atoms with E-state index in [9.17, 15) is 19.7 Å². The molecular weight excluding hydrogens is 450 g/mol. The number of ether oxygens (including phenoxy) is 2. The summed E-state index contributed by atoms with van der Waals surface area (Å²) in [4.78, 5) is 34.8. The highest BCUT2D eigenvalue weighted by atomic mass is 35.5. The molecule has 3 aromatic rings. The summed E-state index contributed by atoms with van der Waals surface area (Å²) in [6.07, 6.45) is 0.419. The zero-order chi connectivity index (χ0) is 23.8. The number of esters is 1. The summed E-state index contributed by atoms with van der Waals surface area (Å²) in [6.45, 7) is 1.51. The standard InChI is InChI=1S/C23H18ClN3O6/c1-15(32-20-12-10-19(11-13-20)27(30)31)22(28)26-25-14-17-4-2-3-5-21(17)33-23(29)16-6-8-18(24)9-7-16/h2-15H,1H3,(H,26,28)/b25-14+. The van der Waals surface area contributed by atoms with Crippen LogP contribution in [0, 0.1) is 10.1 Å². The van der Waals surface area contributed by atoms with Crippen molar-refractivity contribution in [1.29, 1.82) is 0 Å². The zero-order valence-electron chi connectivity index (χ0n) is 17.3. The Morgan fingerprint density at radius 3 is 2.39 bits per heavy atom. The van der Waals surface area contributed by atoms with E-state index in [1.165, 1.54) is 37.4 Å². The molecule has 0 aliphatic rings. The van der Waals surface area contributed by atoms with E-state index in [0.717, 1.165) is 0 Å². The first-order valence-electron chi connectivity index (χ1n) is 9.64. The molecule has 0 aliphatic carbocycles. The molecular formula is C23H18ClN3O6. The molecule has 0 saturated carbocycles. The second kappa shape index (κ2) is 10.9. The first-order chi connectivity index (χ1) is 15.8. The second-order valence-corrected chi connectivity index (χ2v) is 7.12. The molecule has 10 heteroatoms. The van der Waals surface area contributed by atoms with E-state index in [2.05, 4.69) is 10.5 Å². The van der Waals surface area contributed by atoms with Crippen LogP contribution in [0.2, 0.25) is 5.02 Å². The number of nitro groups is 1. The predicted molar refractivity (Wildman–Crippen MR) is 122 cm³/mol. The molecule has 0 heterocycles. The number of nitrogens with zero attached hydrogens (tertiary/aromatic N) is 2. The van der Waals surface area contributed by atoms with Gasteiger partial charge in [-0.2, -0.15) is 5.10 Å². The lowest BCUT2D eigenvalue weighted by atomic mass is 10.2. The summed E-state index contributed by atoms with van der Waals surface area (Å²) in [5.74, 6) is -0.556. The topological polar surface area (TPSA) is 120 Å². The van der Waals surface area contributed by atoms with E-state index >= 15 is 0 Å². The quantitative estimate of drug-likeness (QED) is 0.172. The van der Waals surface area contributed by atoms with E-state index in [1.807, 2.05) is 0 Å². The van der Waals surface area contributed by atoms with Gasteiger partial charge in [0.15, 0.2) is 6.10 Å². The molecule has 0 aliphatic heterocycles. The smallest absolute Gasteiger partial charge is 0.343 e. The normalized spacial score (nSPS) is 11.6. The Morgan fingerprint density at radius 1 is 1.06 bits per heavy atom. The summed E-state index contributed by atoms with van der Waals surface area (Å²) in [5, 5.41) is 15.1. The number of benzene rings is 3. The van der Waals surface area contributed by atoms with Gasteiger partial charge in [0.2, 0.25) is 0 Å². The maximum absolute atomic E-state index is 12.3. The SMILES string of the molecule is CC(Oc1ccc([N+](=O)[O-])cc1)C(=O)N/N=C/c1ccccc1OC(=O)c1ccc(Cl)cc1. The van der Waals surface area contributed by atoms with Gasteiger partial charge in [-0.15, -0.1) is 0 Å². The molecule has 0 aromatic heterocycles. The molecule has 1 unspecified atom stereocenters. The Bertz CT molecular complexity index is 1180. The van der Waals surface area contributed by atoms with Crippen molar-refractivity contribution in [3.05, 3.63) is 99.1 Å². The maximum atomic E-state index is 12.3. The number of hydrazone groups is 1. The van der Waals surface area contributed by atoms with Gasteiger partial charge in [0, 0.05) is 22.7 Å². The summed E-state index contributed by atoms with van der Waals surface area (Å²) < 4.78 is 10.9. The molecule has 0 radical (unpaired) electrons. The molecule has 9 nitrogen and oxygen atoms in total. The highest BCUT2D eigenvalue weighted by Gasteiger charge is 2.15. The Labute approximate surface area is 193 Å². The number of non-ortho nitro benzene ring substituents is 1. The van der Waals surface area contributed by atoms with Crippen LogP contribution in [-0.4, -0.2) is 29.1 Å². The minimum atomic E-state index is -0.915. The van der Waals surface area contributed by atoms with E-state index in [0.29, 0.717) is 21.9 Å². The third kappa shape index (κ3) is 6.62. The molecule has 1 N–H and O–H groups in total. The summed E-state index contributed by atoms with van der Waals surface area (Å²) >= 11 is 5.83. The van der Waals surface area contributed by atoms with Crippen molar-refractivity contribution in [2.45, 2.75) is 13.0 Å². The molecule has 33 heavy (non-hydrogen) atoms. The number of carbonyl (C=O) groups is 2. The lowest BCUT2D eigenvalue weighted by Gasteiger charge is -2.12. The summed E-state index contributed by atoms with van der Waals surface area (Å²) in [5.41, 5.74) is 3.05. The van der Waals surface area contributed by atoms with Crippen molar-refractivity contribution in [2.75, 3.05) is 0 Å². The number of rotatable bonds is 8. The summed E-state index contributed by atoms with van der Waals surface area (Å²) in [6, 6.07) is 18.3. The number of hydrogen-bond acceptors (Lipinski definition) is 7. The van der Waals surface area contributed by atoms with Gasteiger partial charge in [-0.1, -0.05) is 23.7 Å². The number of nitro benzene ring substituents is 1. The maximum Gasteiger partial charge on any atom is 0.343 e. The van der Waals surface area contributed by atoms with Gasteiger partial charge in [-0.05, 0) is 55.5 Å². The van der Waals surface area contributed by atoms with E-state index < -0.39 is 22.9 Å². The van der Waals surface area contributed by atoms with E-state index in [-0.39, 0.29) is 11.4 Å². The molecule has 0 saturated heterocycles. The van der Waals surface area contributed by atoms with Crippen molar-refractivity contribution < 1.29 is 24.0 Å². The minimum absolute atomic E-state index is 0.0838. The monoisotopic (exact) mass is 467 g/mol. The van der Waals surface area contributed by atoms with E-state index in [1.54, 1.807) is 48.5 Å². The van der Waals surface area contributed by atoms with Gasteiger partial charge in [-0.3, -0.25) is 14.9 Å². The molecule has 168 valence electrons. The van der Waals surface area contributed by atoms with Crippen LogP contribution in [0.1, 0.15) is 22.8 Å². The van der Waals surface area contributed by atoms with Crippen LogP contribution < -0.4 is 14.9 Å². The van der Waals surface area contributed by atoms with Crippen molar-refractivity contribution in [2.24, 2.45) is 5.10 Å². The van der Waals surface area contributed by atoms with Crippen molar-refractivity contribution >= 4 is 35.4 Å². The number of carbonyl (C=O) groups excluding carboxylic acids is 2. The Hall–Kier alpha value is -4.24. The molecule has 1 atom stereocenters. The van der Waals surface area contributed by atoms with Crippen LogP contribution in [0.4, 0.5) is 5.69 Å². The molecule has 0 spiro atoms. The van der Waals surface area contributed by atoms with E-state index in [4.69, 9.17) is 21.1 Å². The lowest BCUT2D eigenvalue weighted by Crippen LogP contribution is -2.33.